The van der Waals surface area contributed by atoms with E-state index in [0.717, 1.165) is 18.2 Å². The highest BCUT2D eigenvalue weighted by Gasteiger charge is 2.35. The molecule has 9 heteroatoms. The Bertz CT molecular complexity index is 909. The summed E-state index contributed by atoms with van der Waals surface area (Å²) < 4.78 is 75.6. The third-order valence-corrected chi connectivity index (χ3v) is 3.64. The first kappa shape index (κ1) is 18.7. The number of ether oxygens (including phenoxy) is 2. The van der Waals surface area contributed by atoms with Crippen LogP contribution in [0.5, 0.6) is 11.5 Å². The van der Waals surface area contributed by atoms with Gasteiger partial charge in [0.2, 0.25) is 5.91 Å². The molecule has 0 radical (unpaired) electrons. The number of anilines is 1. The molecule has 2 aromatic rings. The van der Waals surface area contributed by atoms with E-state index in [-0.39, 0.29) is 0 Å². The lowest BCUT2D eigenvalue weighted by Gasteiger charge is -2.18. The fourth-order valence-corrected chi connectivity index (χ4v) is 2.38. The summed E-state index contributed by atoms with van der Waals surface area (Å²) >= 11 is 0. The van der Waals surface area contributed by atoms with Crippen molar-refractivity contribution in [1.29, 1.82) is 0 Å². The van der Waals surface area contributed by atoms with Gasteiger partial charge in [0, 0.05) is 23.4 Å². The quantitative estimate of drug-likeness (QED) is 0.629. The number of rotatable bonds is 3. The van der Waals surface area contributed by atoms with E-state index in [4.69, 9.17) is 9.47 Å². The van der Waals surface area contributed by atoms with Gasteiger partial charge in [0.15, 0.2) is 23.1 Å². The lowest BCUT2D eigenvalue weighted by molar-refractivity contribution is -0.140. The Labute approximate surface area is 150 Å². The highest BCUT2D eigenvalue weighted by atomic mass is 19.4. The average molecular weight is 385 g/mol. The zero-order chi connectivity index (χ0) is 19.6. The highest BCUT2D eigenvalue weighted by Crippen LogP contribution is 2.34. The minimum absolute atomic E-state index is 0.364. The molecule has 0 saturated heterocycles. The zero-order valence-corrected chi connectivity index (χ0v) is 13.6. The lowest BCUT2D eigenvalue weighted by Crippen LogP contribution is -2.16. The van der Waals surface area contributed by atoms with Gasteiger partial charge in [-0.1, -0.05) is 6.07 Å². The largest absolute Gasteiger partial charge is 0.486 e. The van der Waals surface area contributed by atoms with E-state index in [1.807, 2.05) is 0 Å². The summed E-state index contributed by atoms with van der Waals surface area (Å²) in [5, 5.41) is 2.47. The molecular formula is C18H12F5NO3. The summed E-state index contributed by atoms with van der Waals surface area (Å²) in [4.78, 5) is 11.9. The molecule has 0 unspecified atom stereocenters. The van der Waals surface area contributed by atoms with Crippen molar-refractivity contribution >= 4 is 17.7 Å². The number of carbonyl (C=O) groups is 1. The molecule has 0 aliphatic carbocycles. The Morgan fingerprint density at radius 1 is 1.00 bits per heavy atom. The molecule has 0 aromatic heterocycles. The molecule has 0 atom stereocenters. The van der Waals surface area contributed by atoms with Crippen molar-refractivity contribution < 1.29 is 36.2 Å². The number of benzene rings is 2. The number of carbonyl (C=O) groups excluding carboxylic acids is 1. The third-order valence-electron chi connectivity index (χ3n) is 3.64. The summed E-state index contributed by atoms with van der Waals surface area (Å²) in [6, 6.07) is 5.83. The molecule has 2 aromatic carbocycles. The smallest absolute Gasteiger partial charge is 0.419 e. The van der Waals surface area contributed by atoms with Crippen LogP contribution in [-0.2, 0) is 11.0 Å². The van der Waals surface area contributed by atoms with Gasteiger partial charge in [0.05, 0.1) is 5.56 Å². The monoisotopic (exact) mass is 385 g/mol. The minimum atomic E-state index is -5.01. The van der Waals surface area contributed by atoms with Crippen LogP contribution < -0.4 is 14.8 Å². The Hall–Kier alpha value is -3.10. The first-order chi connectivity index (χ1) is 12.8. The van der Waals surface area contributed by atoms with Gasteiger partial charge in [-0.05, 0) is 24.3 Å². The number of hydrogen-bond acceptors (Lipinski definition) is 3. The molecule has 1 aliphatic rings. The molecule has 27 heavy (non-hydrogen) atoms. The second kappa shape index (κ2) is 7.26. The number of halogens is 5. The highest BCUT2D eigenvalue weighted by molar-refractivity contribution is 6.02. The Morgan fingerprint density at radius 3 is 2.41 bits per heavy atom. The minimum Gasteiger partial charge on any atom is -0.486 e. The third kappa shape index (κ3) is 4.18. The van der Waals surface area contributed by atoms with Crippen LogP contribution in [0.25, 0.3) is 6.08 Å². The van der Waals surface area contributed by atoms with Gasteiger partial charge < -0.3 is 14.8 Å². The van der Waals surface area contributed by atoms with E-state index in [1.165, 1.54) is 6.07 Å². The second-order valence-corrected chi connectivity index (χ2v) is 5.51. The van der Waals surface area contributed by atoms with Gasteiger partial charge in [0.25, 0.3) is 0 Å². The first-order valence-electron chi connectivity index (χ1n) is 7.69. The number of amides is 1. The predicted molar refractivity (Wildman–Crippen MR) is 86.5 cm³/mol. The Balaban J connectivity index is 1.73. The topological polar surface area (TPSA) is 47.6 Å². The molecule has 1 amide bonds. The van der Waals surface area contributed by atoms with Crippen LogP contribution in [0.2, 0.25) is 0 Å². The van der Waals surface area contributed by atoms with Gasteiger partial charge in [-0.2, -0.15) is 13.2 Å². The van der Waals surface area contributed by atoms with Crippen molar-refractivity contribution in [3.8, 4) is 11.5 Å². The zero-order valence-electron chi connectivity index (χ0n) is 13.6. The van der Waals surface area contributed by atoms with Gasteiger partial charge in [-0.25, -0.2) is 8.78 Å². The van der Waals surface area contributed by atoms with Gasteiger partial charge >= 0.3 is 6.18 Å². The van der Waals surface area contributed by atoms with Crippen molar-refractivity contribution in [3.05, 3.63) is 59.2 Å². The molecule has 1 heterocycles. The maximum absolute atomic E-state index is 13.8. The average Bonchev–Trinajstić information content (AvgIpc) is 2.62. The van der Waals surface area contributed by atoms with Crippen molar-refractivity contribution in [3.63, 3.8) is 0 Å². The van der Waals surface area contributed by atoms with Crippen LogP contribution in [-0.4, -0.2) is 19.1 Å². The fourth-order valence-electron chi connectivity index (χ4n) is 2.38. The van der Waals surface area contributed by atoms with Crippen LogP contribution in [0.4, 0.5) is 27.6 Å². The summed E-state index contributed by atoms with van der Waals surface area (Å²) in [7, 11) is 0. The summed E-state index contributed by atoms with van der Waals surface area (Å²) in [5.41, 5.74) is -1.83. The molecule has 3 rings (SSSR count). The van der Waals surface area contributed by atoms with Crippen molar-refractivity contribution in [2.75, 3.05) is 18.5 Å². The number of hydrogen-bond donors (Lipinski definition) is 1. The van der Waals surface area contributed by atoms with E-state index in [9.17, 15) is 26.7 Å². The SMILES string of the molecule is O=C(C=Cc1ccc(C(F)(F)F)c(F)c1F)Nc1ccc2c(c1)OCCO2. The van der Waals surface area contributed by atoms with E-state index in [1.54, 1.807) is 12.1 Å². The molecule has 0 bridgehead atoms. The van der Waals surface area contributed by atoms with Crippen molar-refractivity contribution in [2.24, 2.45) is 0 Å². The van der Waals surface area contributed by atoms with E-state index < -0.39 is 34.8 Å². The fraction of sp³-hybridized carbons (Fsp3) is 0.167. The maximum atomic E-state index is 13.8. The summed E-state index contributed by atoms with van der Waals surface area (Å²) in [5.74, 6) is -3.42. The van der Waals surface area contributed by atoms with E-state index in [2.05, 4.69) is 5.32 Å². The summed E-state index contributed by atoms with van der Waals surface area (Å²) in [6.45, 7) is 0.778. The molecule has 1 aliphatic heterocycles. The molecule has 1 N–H and O–H groups in total. The molecule has 142 valence electrons. The summed E-state index contributed by atoms with van der Waals surface area (Å²) in [6.07, 6.45) is -3.25. The number of alkyl halides is 3. The normalized spacial score (nSPS) is 13.7. The van der Waals surface area contributed by atoms with Gasteiger partial charge in [0.1, 0.15) is 13.2 Å². The molecule has 0 spiro atoms. The molecular weight excluding hydrogens is 373 g/mol. The van der Waals surface area contributed by atoms with Gasteiger partial charge in [-0.3, -0.25) is 4.79 Å². The predicted octanol–water partition coefficient (Wildman–Crippen LogP) is 4.41. The Kier molecular flexibility index (Phi) is 5.02. The van der Waals surface area contributed by atoms with E-state index in [0.29, 0.717) is 36.5 Å². The second-order valence-electron chi connectivity index (χ2n) is 5.51. The van der Waals surface area contributed by atoms with Crippen LogP contribution in [0.1, 0.15) is 11.1 Å². The van der Waals surface area contributed by atoms with Crippen LogP contribution in [0, 0.1) is 11.6 Å². The lowest BCUT2D eigenvalue weighted by atomic mass is 10.1. The van der Waals surface area contributed by atoms with E-state index >= 15 is 0 Å². The van der Waals surface area contributed by atoms with Gasteiger partial charge in [-0.15, -0.1) is 0 Å². The van der Waals surface area contributed by atoms with Crippen molar-refractivity contribution in [1.82, 2.24) is 0 Å². The number of nitrogens with one attached hydrogen (secondary N) is 1. The van der Waals surface area contributed by atoms with Crippen LogP contribution >= 0.6 is 0 Å². The molecule has 0 saturated carbocycles. The standard InChI is InChI=1S/C18H12F5NO3/c19-16-10(1-4-12(17(16)20)18(21,22)23)2-6-15(25)24-11-3-5-13-14(9-11)27-8-7-26-13/h1-6,9H,7-8H2,(H,24,25). The van der Waals surface area contributed by atoms with Crippen LogP contribution in [0.15, 0.2) is 36.4 Å². The number of fused-ring (bicyclic) bond motifs is 1. The van der Waals surface area contributed by atoms with Crippen molar-refractivity contribution in [2.45, 2.75) is 6.18 Å². The van der Waals surface area contributed by atoms with Crippen LogP contribution in [0.3, 0.4) is 0 Å². The first-order valence-corrected chi connectivity index (χ1v) is 7.69. The molecule has 0 fully saturated rings. The Morgan fingerprint density at radius 2 is 1.70 bits per heavy atom. The molecule has 4 nitrogen and oxygen atoms in total. The maximum Gasteiger partial charge on any atom is 0.419 e.